The first kappa shape index (κ1) is 17.8. The molecule has 2 aromatic carbocycles. The Morgan fingerprint density at radius 2 is 2.00 bits per heavy atom. The van der Waals surface area contributed by atoms with Crippen LogP contribution in [0.1, 0.15) is 28.4 Å². The molecule has 1 aliphatic rings. The van der Waals surface area contributed by atoms with Gasteiger partial charge in [-0.05, 0) is 43.7 Å². The third-order valence-corrected chi connectivity index (χ3v) is 4.24. The molecular weight excluding hydrogens is 332 g/mol. The third kappa shape index (κ3) is 3.65. The first-order valence-electron chi connectivity index (χ1n) is 8.25. The van der Waals surface area contributed by atoms with Gasteiger partial charge in [-0.25, -0.2) is 0 Å². The number of rotatable bonds is 6. The molecule has 2 aromatic rings. The van der Waals surface area contributed by atoms with E-state index in [-0.39, 0.29) is 6.61 Å². The first-order chi connectivity index (χ1) is 12.4. The second kappa shape index (κ2) is 7.09. The molecule has 0 radical (unpaired) electrons. The molecule has 1 aliphatic heterocycles. The van der Waals surface area contributed by atoms with Crippen LogP contribution in [0.5, 0.6) is 11.5 Å². The highest BCUT2D eigenvalue weighted by atomic mass is 16.7. The topological polar surface area (TPSA) is 82.8 Å². The zero-order valence-electron chi connectivity index (χ0n) is 15.0. The monoisotopic (exact) mass is 354 g/mol. The van der Waals surface area contributed by atoms with Gasteiger partial charge in [0.15, 0.2) is 11.5 Å². The molecule has 136 valence electrons. The number of benzene rings is 2. The van der Waals surface area contributed by atoms with Crippen LogP contribution in [0.4, 0.5) is 0 Å². The van der Waals surface area contributed by atoms with Crippen LogP contribution in [0.3, 0.4) is 0 Å². The normalized spacial score (nSPS) is 18.8. The van der Waals surface area contributed by atoms with Crippen LogP contribution in [0.15, 0.2) is 48.5 Å². The summed E-state index contributed by atoms with van der Waals surface area (Å²) in [6, 6.07) is 12.9. The van der Waals surface area contributed by atoms with E-state index in [0.717, 1.165) is 16.8 Å². The lowest BCUT2D eigenvalue weighted by Gasteiger charge is -2.21. The Hall–Kier alpha value is -2.99. The zero-order valence-corrected chi connectivity index (χ0v) is 15.0. The molecule has 6 heteroatoms. The van der Waals surface area contributed by atoms with Crippen molar-refractivity contribution in [3.05, 3.63) is 65.2 Å². The van der Waals surface area contributed by atoms with E-state index in [2.05, 4.69) is 5.48 Å². The van der Waals surface area contributed by atoms with E-state index >= 15 is 0 Å². The molecule has 3 rings (SSSR count). The van der Waals surface area contributed by atoms with Crippen molar-refractivity contribution in [2.75, 3.05) is 13.7 Å². The first-order valence-corrected chi connectivity index (χ1v) is 8.25. The average molecular weight is 354 g/mol. The maximum atomic E-state index is 11.4. The van der Waals surface area contributed by atoms with E-state index in [1.54, 1.807) is 18.2 Å². The van der Waals surface area contributed by atoms with Crippen LogP contribution < -0.4 is 20.7 Å². The van der Waals surface area contributed by atoms with Crippen LogP contribution in [0, 0.1) is 6.92 Å². The van der Waals surface area contributed by atoms with Gasteiger partial charge >= 0.3 is 0 Å². The maximum Gasteiger partial charge on any atom is 0.248 e. The number of hydroxylamine groups is 1. The molecule has 0 aromatic heterocycles. The smallest absolute Gasteiger partial charge is 0.248 e. The van der Waals surface area contributed by atoms with Gasteiger partial charge in [-0.1, -0.05) is 24.3 Å². The molecule has 1 unspecified atom stereocenters. The number of primary amides is 1. The van der Waals surface area contributed by atoms with E-state index in [0.29, 0.717) is 17.1 Å². The van der Waals surface area contributed by atoms with Crippen molar-refractivity contribution in [3.8, 4) is 11.5 Å². The van der Waals surface area contributed by atoms with Crippen LogP contribution >= 0.6 is 0 Å². The summed E-state index contributed by atoms with van der Waals surface area (Å²) in [4.78, 5) is 17.1. The van der Waals surface area contributed by atoms with Crippen LogP contribution in [-0.4, -0.2) is 25.2 Å². The number of aryl methyl sites for hydroxylation is 1. The van der Waals surface area contributed by atoms with E-state index in [4.69, 9.17) is 20.0 Å². The van der Waals surface area contributed by atoms with Gasteiger partial charge in [0.05, 0.1) is 12.8 Å². The van der Waals surface area contributed by atoms with Gasteiger partial charge < -0.3 is 15.2 Å². The minimum absolute atomic E-state index is 0.230. The largest absolute Gasteiger partial charge is 0.493 e. The average Bonchev–Trinajstić information content (AvgIpc) is 3.02. The Morgan fingerprint density at radius 1 is 1.23 bits per heavy atom. The third-order valence-electron chi connectivity index (χ3n) is 4.24. The molecule has 1 heterocycles. The molecule has 0 spiro atoms. The van der Waals surface area contributed by atoms with Crippen molar-refractivity contribution in [1.29, 1.82) is 0 Å². The predicted octanol–water partition coefficient (Wildman–Crippen LogP) is 2.82. The van der Waals surface area contributed by atoms with Crippen molar-refractivity contribution < 1.29 is 19.1 Å². The zero-order chi connectivity index (χ0) is 18.7. The number of carbonyl (C=O) groups is 1. The van der Waals surface area contributed by atoms with Gasteiger partial charge in [0.2, 0.25) is 5.91 Å². The fraction of sp³-hybridized carbons (Fsp3) is 0.250. The van der Waals surface area contributed by atoms with Gasteiger partial charge in [-0.3, -0.25) is 15.1 Å². The Bertz CT molecular complexity index is 863. The van der Waals surface area contributed by atoms with E-state index in [9.17, 15) is 4.79 Å². The maximum absolute atomic E-state index is 11.4. The molecule has 0 aliphatic carbocycles. The number of hydrogen-bond donors (Lipinski definition) is 2. The Kier molecular flexibility index (Phi) is 4.86. The summed E-state index contributed by atoms with van der Waals surface area (Å²) < 4.78 is 11.2. The second-order valence-electron chi connectivity index (χ2n) is 6.41. The summed E-state index contributed by atoms with van der Waals surface area (Å²) in [5, 5.41) is 0. The van der Waals surface area contributed by atoms with E-state index in [1.165, 1.54) is 7.11 Å². The minimum atomic E-state index is -0.675. The Balaban J connectivity index is 1.79. The fourth-order valence-corrected chi connectivity index (χ4v) is 2.78. The predicted molar refractivity (Wildman–Crippen MR) is 98.8 cm³/mol. The van der Waals surface area contributed by atoms with Gasteiger partial charge in [-0.2, -0.15) is 0 Å². The lowest BCUT2D eigenvalue weighted by Crippen LogP contribution is -2.33. The van der Waals surface area contributed by atoms with Crippen molar-refractivity contribution in [2.24, 2.45) is 5.73 Å². The summed E-state index contributed by atoms with van der Waals surface area (Å²) in [6.07, 6.45) is 1.99. The van der Waals surface area contributed by atoms with Crippen molar-refractivity contribution in [2.45, 2.75) is 19.4 Å². The van der Waals surface area contributed by atoms with Crippen molar-refractivity contribution in [1.82, 2.24) is 5.48 Å². The summed E-state index contributed by atoms with van der Waals surface area (Å²) in [7, 11) is 1.54. The lowest BCUT2D eigenvalue weighted by atomic mass is 10.0. The van der Waals surface area contributed by atoms with Crippen LogP contribution in [0.2, 0.25) is 0 Å². The van der Waals surface area contributed by atoms with E-state index in [1.807, 2.05) is 44.2 Å². The van der Waals surface area contributed by atoms with Gasteiger partial charge in [0.25, 0.3) is 0 Å². The van der Waals surface area contributed by atoms with Gasteiger partial charge in [-0.15, -0.1) is 0 Å². The van der Waals surface area contributed by atoms with Crippen molar-refractivity contribution >= 4 is 11.6 Å². The number of ether oxygens (including phenoxy) is 2. The number of methoxy groups -OCH3 is 1. The van der Waals surface area contributed by atoms with Gasteiger partial charge in [0, 0.05) is 11.1 Å². The quantitative estimate of drug-likeness (QED) is 0.833. The molecule has 26 heavy (non-hydrogen) atoms. The van der Waals surface area contributed by atoms with Crippen LogP contribution in [0.25, 0.3) is 5.70 Å². The number of hydrogen-bond acceptors (Lipinski definition) is 5. The summed E-state index contributed by atoms with van der Waals surface area (Å²) in [6.45, 7) is 4.19. The highest BCUT2D eigenvalue weighted by molar-refractivity contribution is 5.93. The molecule has 0 saturated carbocycles. The summed E-state index contributed by atoms with van der Waals surface area (Å²) in [5.74, 6) is 0.434. The highest BCUT2D eigenvalue weighted by Crippen LogP contribution is 2.32. The SMILES string of the molecule is COc1ccc(C(N)=O)cc1OCC1(C)C=C(c2ccccc2C)NO1. The molecule has 1 atom stereocenters. The molecule has 1 amide bonds. The van der Waals surface area contributed by atoms with Crippen molar-refractivity contribution in [3.63, 3.8) is 0 Å². The number of carbonyl (C=O) groups excluding carboxylic acids is 1. The number of nitrogens with one attached hydrogen (secondary N) is 1. The van der Waals surface area contributed by atoms with Crippen LogP contribution in [-0.2, 0) is 4.84 Å². The fourth-order valence-electron chi connectivity index (χ4n) is 2.78. The summed E-state index contributed by atoms with van der Waals surface area (Å²) >= 11 is 0. The molecule has 0 saturated heterocycles. The van der Waals surface area contributed by atoms with E-state index < -0.39 is 11.5 Å². The molecule has 0 bridgehead atoms. The second-order valence-corrected chi connectivity index (χ2v) is 6.41. The minimum Gasteiger partial charge on any atom is -0.493 e. The highest BCUT2D eigenvalue weighted by Gasteiger charge is 2.32. The van der Waals surface area contributed by atoms with Gasteiger partial charge in [0.1, 0.15) is 12.2 Å². The number of amides is 1. The Labute approximate surface area is 152 Å². The molecule has 0 fully saturated rings. The molecule has 3 N–H and O–H groups in total. The Morgan fingerprint density at radius 3 is 2.69 bits per heavy atom. The molecule has 6 nitrogen and oxygen atoms in total. The standard InChI is InChI=1S/C20H22N2O4/c1-13-6-4-5-7-15(13)16-11-20(2,26-22-16)12-25-18-10-14(19(21)23)8-9-17(18)24-3/h4-11,22H,12H2,1-3H3,(H2,21,23). The lowest BCUT2D eigenvalue weighted by molar-refractivity contribution is -0.0476. The number of nitrogens with two attached hydrogens (primary N) is 1. The summed E-state index contributed by atoms with van der Waals surface area (Å²) in [5.41, 5.74) is 11.1. The molecular formula is C20H22N2O4.